The minimum Gasteiger partial charge on any atom is -0.497 e. The van der Waals surface area contributed by atoms with Crippen molar-refractivity contribution in [2.75, 3.05) is 7.11 Å². The van der Waals surface area contributed by atoms with Gasteiger partial charge in [-0.2, -0.15) is 4.98 Å². The first-order chi connectivity index (χ1) is 15.8. The summed E-state index contributed by atoms with van der Waals surface area (Å²) >= 11 is 0. The highest BCUT2D eigenvalue weighted by molar-refractivity contribution is 7.89. The van der Waals surface area contributed by atoms with Crippen molar-refractivity contribution in [3.05, 3.63) is 60.0 Å². The van der Waals surface area contributed by atoms with E-state index in [0.29, 0.717) is 21.4 Å². The summed E-state index contributed by atoms with van der Waals surface area (Å²) in [5.41, 5.74) is 1.58. The van der Waals surface area contributed by atoms with Gasteiger partial charge in [-0.15, -0.1) is 0 Å². The minimum absolute atomic E-state index is 0.0364. The average Bonchev–Trinajstić information content (AvgIpc) is 3.45. The van der Waals surface area contributed by atoms with Gasteiger partial charge in [-0.3, -0.25) is 9.59 Å². The first-order valence-corrected chi connectivity index (χ1v) is 11.6. The van der Waals surface area contributed by atoms with E-state index in [2.05, 4.69) is 15.5 Å². The molecule has 4 rings (SSSR count). The molecule has 2 amide bonds. The van der Waals surface area contributed by atoms with E-state index in [9.17, 15) is 18.0 Å². The minimum atomic E-state index is -4.16. The van der Waals surface area contributed by atoms with Crippen molar-refractivity contribution < 1.29 is 27.3 Å². The lowest BCUT2D eigenvalue weighted by atomic mass is 10.2. The van der Waals surface area contributed by atoms with Crippen molar-refractivity contribution in [3.63, 3.8) is 0 Å². The summed E-state index contributed by atoms with van der Waals surface area (Å²) in [5, 5.41) is 6.49. The molecule has 0 bridgehead atoms. The molecule has 1 fully saturated rings. The molecule has 0 unspecified atom stereocenters. The topological polar surface area (TPSA) is 132 Å². The van der Waals surface area contributed by atoms with Crippen LogP contribution in [0.15, 0.2) is 57.9 Å². The first kappa shape index (κ1) is 22.5. The Morgan fingerprint density at radius 2 is 1.88 bits per heavy atom. The van der Waals surface area contributed by atoms with Gasteiger partial charge in [-0.25, -0.2) is 12.7 Å². The number of hydrogen-bond acceptors (Lipinski definition) is 8. The molecule has 2 aromatic carbocycles. The van der Waals surface area contributed by atoms with Gasteiger partial charge in [0.25, 0.3) is 10.0 Å². The maximum absolute atomic E-state index is 13.0. The van der Waals surface area contributed by atoms with E-state index in [1.54, 1.807) is 43.5 Å². The zero-order valence-corrected chi connectivity index (χ0v) is 18.8. The predicted octanol–water partition coefficient (Wildman–Crippen LogP) is 2.05. The summed E-state index contributed by atoms with van der Waals surface area (Å²) in [5.74, 6) is -0.0602. The van der Waals surface area contributed by atoms with Crippen LogP contribution in [0, 0.1) is 6.92 Å². The molecule has 1 aliphatic rings. The van der Waals surface area contributed by atoms with Crippen molar-refractivity contribution in [1.29, 1.82) is 0 Å². The van der Waals surface area contributed by atoms with E-state index in [-0.39, 0.29) is 30.2 Å². The third-order valence-electron chi connectivity index (χ3n) is 5.27. The number of nitrogens with zero attached hydrogens (tertiary/aromatic N) is 3. The van der Waals surface area contributed by atoms with Crippen LogP contribution in [-0.4, -0.2) is 47.8 Å². The SMILES string of the molecule is COc1ccc(-c2noc(CNC(=O)[C@H]3CCC(=O)N3S(=O)(=O)c3ccc(C)cc3)n2)cc1. The standard InChI is InChI=1S/C22H22N4O6S/c1-14-3-9-17(10-4-14)33(29,30)26-18(11-12-20(26)27)22(28)23-13-19-24-21(25-32-19)15-5-7-16(31-2)8-6-15/h3-10,18H,11-13H2,1-2H3,(H,23,28)/t18-/m1/s1. The maximum Gasteiger partial charge on any atom is 0.267 e. The molecular weight excluding hydrogens is 448 g/mol. The maximum atomic E-state index is 13.0. The van der Waals surface area contributed by atoms with Crippen LogP contribution in [0.5, 0.6) is 5.75 Å². The Hall–Kier alpha value is -3.73. The Balaban J connectivity index is 1.45. The summed E-state index contributed by atoms with van der Waals surface area (Å²) in [6, 6.07) is 12.0. The van der Waals surface area contributed by atoms with Crippen molar-refractivity contribution in [2.45, 2.75) is 37.2 Å². The predicted molar refractivity (Wildman–Crippen MR) is 116 cm³/mol. The fourth-order valence-electron chi connectivity index (χ4n) is 3.49. The second-order valence-electron chi connectivity index (χ2n) is 7.52. The molecule has 1 atom stereocenters. The van der Waals surface area contributed by atoms with E-state index in [0.717, 1.165) is 5.56 Å². The molecule has 1 saturated heterocycles. The van der Waals surface area contributed by atoms with Crippen molar-refractivity contribution in [1.82, 2.24) is 19.8 Å². The summed E-state index contributed by atoms with van der Waals surface area (Å²) in [4.78, 5) is 29.4. The van der Waals surface area contributed by atoms with E-state index in [1.165, 1.54) is 12.1 Å². The van der Waals surface area contributed by atoms with Crippen LogP contribution in [0.4, 0.5) is 0 Å². The van der Waals surface area contributed by atoms with Crippen LogP contribution in [0.1, 0.15) is 24.3 Å². The molecule has 33 heavy (non-hydrogen) atoms. The third-order valence-corrected chi connectivity index (χ3v) is 7.12. The number of ether oxygens (including phenoxy) is 1. The summed E-state index contributed by atoms with van der Waals surface area (Å²) < 4.78 is 37.0. The van der Waals surface area contributed by atoms with Gasteiger partial charge in [0.2, 0.25) is 23.5 Å². The lowest BCUT2D eigenvalue weighted by Crippen LogP contribution is -2.47. The Bertz CT molecular complexity index is 1270. The van der Waals surface area contributed by atoms with E-state index >= 15 is 0 Å². The summed E-state index contributed by atoms with van der Waals surface area (Å²) in [7, 11) is -2.59. The third kappa shape index (κ3) is 4.58. The first-order valence-electron chi connectivity index (χ1n) is 10.2. The van der Waals surface area contributed by atoms with Gasteiger partial charge in [0.15, 0.2) is 0 Å². The lowest BCUT2D eigenvalue weighted by Gasteiger charge is -2.23. The van der Waals surface area contributed by atoms with Gasteiger partial charge in [-0.1, -0.05) is 22.9 Å². The molecule has 2 heterocycles. The molecule has 10 nitrogen and oxygen atoms in total. The summed E-state index contributed by atoms with van der Waals surface area (Å²) in [6.45, 7) is 1.72. The van der Waals surface area contributed by atoms with Gasteiger partial charge in [0, 0.05) is 12.0 Å². The number of nitrogens with one attached hydrogen (secondary N) is 1. The number of carbonyl (C=O) groups is 2. The largest absolute Gasteiger partial charge is 0.497 e. The smallest absolute Gasteiger partial charge is 0.267 e. The van der Waals surface area contributed by atoms with Gasteiger partial charge < -0.3 is 14.6 Å². The van der Waals surface area contributed by atoms with Crippen LogP contribution in [0.3, 0.4) is 0 Å². The number of aryl methyl sites for hydroxylation is 1. The van der Waals surface area contributed by atoms with Crippen LogP contribution in [-0.2, 0) is 26.2 Å². The number of sulfonamides is 1. The molecule has 3 aromatic rings. The quantitative estimate of drug-likeness (QED) is 0.555. The monoisotopic (exact) mass is 470 g/mol. The molecule has 172 valence electrons. The van der Waals surface area contributed by atoms with Gasteiger partial charge in [0.05, 0.1) is 18.6 Å². The number of amides is 2. The highest BCUT2D eigenvalue weighted by Crippen LogP contribution is 2.28. The Morgan fingerprint density at radius 3 is 2.55 bits per heavy atom. The van der Waals surface area contributed by atoms with Crippen LogP contribution in [0.25, 0.3) is 11.4 Å². The van der Waals surface area contributed by atoms with Gasteiger partial charge >= 0.3 is 0 Å². The van der Waals surface area contributed by atoms with Crippen LogP contribution < -0.4 is 10.1 Å². The van der Waals surface area contributed by atoms with Crippen molar-refractivity contribution in [3.8, 4) is 17.1 Å². The number of benzene rings is 2. The van der Waals surface area contributed by atoms with Crippen molar-refractivity contribution >= 4 is 21.8 Å². The lowest BCUT2D eigenvalue weighted by molar-refractivity contribution is -0.130. The molecule has 1 aromatic heterocycles. The highest BCUT2D eigenvalue weighted by atomic mass is 32.2. The zero-order valence-electron chi connectivity index (χ0n) is 18.0. The number of carbonyl (C=O) groups excluding carboxylic acids is 2. The second-order valence-corrected chi connectivity index (χ2v) is 9.34. The average molecular weight is 471 g/mol. The molecule has 1 aliphatic heterocycles. The molecular formula is C22H22N4O6S. The fourth-order valence-corrected chi connectivity index (χ4v) is 5.09. The fraction of sp³-hybridized carbons (Fsp3) is 0.273. The Labute approximate surface area is 190 Å². The zero-order chi connectivity index (χ0) is 23.6. The Kier molecular flexibility index (Phi) is 6.14. The molecule has 0 radical (unpaired) electrons. The Morgan fingerprint density at radius 1 is 1.18 bits per heavy atom. The molecule has 0 saturated carbocycles. The van der Waals surface area contributed by atoms with E-state index in [1.807, 2.05) is 6.92 Å². The van der Waals surface area contributed by atoms with Crippen molar-refractivity contribution in [2.24, 2.45) is 0 Å². The van der Waals surface area contributed by atoms with E-state index in [4.69, 9.17) is 9.26 Å². The number of methoxy groups -OCH3 is 1. The van der Waals surface area contributed by atoms with Crippen LogP contribution >= 0.6 is 0 Å². The number of hydrogen-bond donors (Lipinski definition) is 1. The molecule has 0 spiro atoms. The number of aromatic nitrogens is 2. The second kappa shape index (κ2) is 9.02. The molecule has 11 heteroatoms. The van der Waals surface area contributed by atoms with E-state index < -0.39 is 27.9 Å². The van der Waals surface area contributed by atoms with Crippen LogP contribution in [0.2, 0.25) is 0 Å². The van der Waals surface area contributed by atoms with Gasteiger partial charge in [0.1, 0.15) is 11.8 Å². The normalized spacial score (nSPS) is 16.1. The van der Waals surface area contributed by atoms with Gasteiger partial charge in [-0.05, 0) is 49.7 Å². The molecule has 0 aliphatic carbocycles. The molecule has 1 N–H and O–H groups in total. The number of rotatable bonds is 7. The highest BCUT2D eigenvalue weighted by Gasteiger charge is 2.44. The summed E-state index contributed by atoms with van der Waals surface area (Å²) in [6.07, 6.45) is 0.0576.